The number of imide groups is 1. The molecule has 0 saturated heterocycles. The molecule has 4 amide bonds. The van der Waals surface area contributed by atoms with Crippen LogP contribution in [0.5, 0.6) is 17.2 Å². The van der Waals surface area contributed by atoms with Crippen LogP contribution in [0.4, 0.5) is 16.2 Å². The minimum atomic E-state index is -0.682. The first-order chi connectivity index (χ1) is 15.0. The highest BCUT2D eigenvalue weighted by molar-refractivity contribution is 6.02. The van der Waals surface area contributed by atoms with Crippen molar-refractivity contribution in [3.63, 3.8) is 0 Å². The second-order valence-electron chi connectivity index (χ2n) is 6.62. The number of nitrogens with one attached hydrogen (secondary N) is 3. The maximum atomic E-state index is 12.3. The maximum Gasteiger partial charge on any atom is 0.325 e. The van der Waals surface area contributed by atoms with Crippen molar-refractivity contribution in [2.75, 3.05) is 44.2 Å². The number of urea groups is 1. The summed E-state index contributed by atoms with van der Waals surface area (Å²) in [5, 5.41) is 7.56. The van der Waals surface area contributed by atoms with Crippen molar-refractivity contribution in [3.8, 4) is 17.2 Å². The van der Waals surface area contributed by atoms with Gasteiger partial charge in [-0.15, -0.1) is 0 Å². The molecule has 2 aromatic carbocycles. The third-order valence-electron chi connectivity index (χ3n) is 4.45. The lowest BCUT2D eigenvalue weighted by molar-refractivity contribution is -0.122. The highest BCUT2D eigenvalue weighted by atomic mass is 16.7. The number of nitrogens with zero attached hydrogens (tertiary/aromatic N) is 1. The highest BCUT2D eigenvalue weighted by Gasteiger charge is 2.17. The fraction of sp³-hybridized carbons (Fsp3) is 0.286. The van der Waals surface area contributed by atoms with Crippen LogP contribution in [0.1, 0.15) is 6.92 Å². The van der Waals surface area contributed by atoms with E-state index in [0.717, 1.165) is 0 Å². The molecular weight excluding hydrogens is 404 g/mol. The summed E-state index contributed by atoms with van der Waals surface area (Å²) in [5.74, 6) is 0.806. The maximum absolute atomic E-state index is 12.3. The van der Waals surface area contributed by atoms with Crippen LogP contribution in [0.2, 0.25) is 0 Å². The molecule has 0 aliphatic carbocycles. The van der Waals surface area contributed by atoms with Crippen LogP contribution < -0.4 is 30.2 Å². The van der Waals surface area contributed by atoms with Gasteiger partial charge in [-0.05, 0) is 30.8 Å². The molecule has 10 heteroatoms. The molecule has 0 spiro atoms. The minimum Gasteiger partial charge on any atom is -0.495 e. The van der Waals surface area contributed by atoms with E-state index in [1.807, 2.05) is 6.92 Å². The van der Waals surface area contributed by atoms with Gasteiger partial charge in [0.1, 0.15) is 5.75 Å². The Hall–Kier alpha value is -3.79. The molecule has 0 unspecified atom stereocenters. The average Bonchev–Trinajstić information content (AvgIpc) is 3.21. The van der Waals surface area contributed by atoms with Gasteiger partial charge < -0.3 is 24.8 Å². The van der Waals surface area contributed by atoms with Crippen LogP contribution in [0.25, 0.3) is 0 Å². The summed E-state index contributed by atoms with van der Waals surface area (Å²) in [6.07, 6.45) is 0. The van der Waals surface area contributed by atoms with Crippen molar-refractivity contribution < 1.29 is 28.6 Å². The predicted molar refractivity (Wildman–Crippen MR) is 113 cm³/mol. The Morgan fingerprint density at radius 1 is 1.00 bits per heavy atom. The van der Waals surface area contributed by atoms with E-state index in [-0.39, 0.29) is 25.8 Å². The lowest BCUT2D eigenvalue weighted by atomic mass is 10.3. The van der Waals surface area contributed by atoms with E-state index in [0.29, 0.717) is 35.2 Å². The van der Waals surface area contributed by atoms with Crippen LogP contribution in [-0.4, -0.2) is 56.3 Å². The zero-order valence-corrected chi connectivity index (χ0v) is 17.3. The van der Waals surface area contributed by atoms with Gasteiger partial charge in [0.15, 0.2) is 11.5 Å². The van der Waals surface area contributed by atoms with E-state index in [9.17, 15) is 14.4 Å². The molecule has 10 nitrogen and oxygen atoms in total. The number of methoxy groups -OCH3 is 1. The molecule has 3 rings (SSSR count). The number of fused-ring (bicyclic) bond motifs is 1. The summed E-state index contributed by atoms with van der Waals surface area (Å²) in [6.45, 7) is 2.24. The van der Waals surface area contributed by atoms with Crippen molar-refractivity contribution in [2.45, 2.75) is 6.92 Å². The molecule has 31 heavy (non-hydrogen) atoms. The first-order valence-electron chi connectivity index (χ1n) is 9.64. The second kappa shape index (κ2) is 10.3. The zero-order chi connectivity index (χ0) is 22.2. The fourth-order valence-corrected chi connectivity index (χ4v) is 2.93. The van der Waals surface area contributed by atoms with Crippen LogP contribution in [-0.2, 0) is 9.59 Å². The van der Waals surface area contributed by atoms with Gasteiger partial charge in [0, 0.05) is 11.8 Å². The van der Waals surface area contributed by atoms with E-state index in [2.05, 4.69) is 16.0 Å². The van der Waals surface area contributed by atoms with Crippen LogP contribution in [0.15, 0.2) is 42.5 Å². The van der Waals surface area contributed by atoms with E-state index in [1.165, 1.54) is 7.11 Å². The average molecular weight is 428 g/mol. The Morgan fingerprint density at radius 2 is 1.74 bits per heavy atom. The number of para-hydroxylation sites is 2. The van der Waals surface area contributed by atoms with Gasteiger partial charge in [-0.2, -0.15) is 0 Å². The third-order valence-corrected chi connectivity index (χ3v) is 4.45. The molecule has 0 radical (unpaired) electrons. The SMILES string of the molecule is CCN(CC(=O)NC(=O)Nc1ccc2c(c1)OCO2)CC(=O)Nc1ccccc1OC. The smallest absolute Gasteiger partial charge is 0.325 e. The number of hydrogen-bond donors (Lipinski definition) is 3. The van der Waals surface area contributed by atoms with Gasteiger partial charge in [-0.3, -0.25) is 19.8 Å². The van der Waals surface area contributed by atoms with Crippen LogP contribution in [0.3, 0.4) is 0 Å². The molecule has 0 bridgehead atoms. The third kappa shape index (κ3) is 6.09. The molecule has 1 heterocycles. The molecule has 2 aromatic rings. The number of amides is 4. The van der Waals surface area contributed by atoms with Crippen molar-refractivity contribution in [1.82, 2.24) is 10.2 Å². The van der Waals surface area contributed by atoms with Gasteiger partial charge in [-0.1, -0.05) is 19.1 Å². The van der Waals surface area contributed by atoms with Gasteiger partial charge in [0.2, 0.25) is 18.6 Å². The zero-order valence-electron chi connectivity index (χ0n) is 17.3. The topological polar surface area (TPSA) is 118 Å². The Bertz CT molecular complexity index is 965. The highest BCUT2D eigenvalue weighted by Crippen LogP contribution is 2.34. The monoisotopic (exact) mass is 428 g/mol. The summed E-state index contributed by atoms with van der Waals surface area (Å²) < 4.78 is 15.7. The Kier molecular flexibility index (Phi) is 7.28. The number of carbonyl (C=O) groups excluding carboxylic acids is 3. The Labute approximate surface area is 179 Å². The number of hydrogen-bond acceptors (Lipinski definition) is 7. The summed E-state index contributed by atoms with van der Waals surface area (Å²) >= 11 is 0. The fourth-order valence-electron chi connectivity index (χ4n) is 2.93. The Balaban J connectivity index is 1.47. The number of rotatable bonds is 8. The van der Waals surface area contributed by atoms with E-state index in [4.69, 9.17) is 14.2 Å². The van der Waals surface area contributed by atoms with E-state index in [1.54, 1.807) is 47.4 Å². The Morgan fingerprint density at radius 3 is 2.52 bits per heavy atom. The summed E-state index contributed by atoms with van der Waals surface area (Å²) in [4.78, 5) is 38.3. The van der Waals surface area contributed by atoms with Crippen molar-refractivity contribution in [1.29, 1.82) is 0 Å². The van der Waals surface area contributed by atoms with Crippen molar-refractivity contribution >= 4 is 29.2 Å². The molecule has 0 aromatic heterocycles. The summed E-state index contributed by atoms with van der Waals surface area (Å²) in [6, 6.07) is 11.3. The molecule has 164 valence electrons. The second-order valence-corrected chi connectivity index (χ2v) is 6.62. The van der Waals surface area contributed by atoms with Gasteiger partial charge in [0.05, 0.1) is 25.9 Å². The largest absolute Gasteiger partial charge is 0.495 e. The summed E-state index contributed by atoms with van der Waals surface area (Å²) in [7, 11) is 1.52. The number of likely N-dealkylation sites (N-methyl/N-ethyl adjacent to an activating group) is 1. The predicted octanol–water partition coefficient (Wildman–Crippen LogP) is 2.03. The van der Waals surface area contributed by atoms with Crippen LogP contribution in [0, 0.1) is 0 Å². The molecule has 1 aliphatic rings. The molecule has 1 aliphatic heterocycles. The van der Waals surface area contributed by atoms with Crippen molar-refractivity contribution in [3.05, 3.63) is 42.5 Å². The molecule has 0 saturated carbocycles. The first-order valence-corrected chi connectivity index (χ1v) is 9.64. The van der Waals surface area contributed by atoms with Gasteiger partial charge in [-0.25, -0.2) is 4.79 Å². The number of ether oxygens (including phenoxy) is 3. The first kappa shape index (κ1) is 21.9. The van der Waals surface area contributed by atoms with Gasteiger partial charge in [0.25, 0.3) is 0 Å². The normalized spacial score (nSPS) is 11.7. The molecule has 0 fully saturated rings. The van der Waals surface area contributed by atoms with Gasteiger partial charge >= 0.3 is 6.03 Å². The number of carbonyl (C=O) groups is 3. The quantitative estimate of drug-likeness (QED) is 0.589. The minimum absolute atomic E-state index is 0.0221. The standard InChI is InChI=1S/C21H24N4O6/c1-3-25(11-19(26)23-15-6-4-5-7-16(15)29-2)12-20(27)24-21(28)22-14-8-9-17-18(10-14)31-13-30-17/h4-10H,3,11-13H2,1-2H3,(H,23,26)(H2,22,24,27,28). The van der Waals surface area contributed by atoms with E-state index >= 15 is 0 Å². The lowest BCUT2D eigenvalue weighted by Gasteiger charge is -2.19. The van der Waals surface area contributed by atoms with Crippen molar-refractivity contribution in [2.24, 2.45) is 0 Å². The van der Waals surface area contributed by atoms with E-state index < -0.39 is 11.9 Å². The molecule has 0 atom stereocenters. The molecular formula is C21H24N4O6. The lowest BCUT2D eigenvalue weighted by Crippen LogP contribution is -2.44. The number of benzene rings is 2. The number of anilines is 2. The van der Waals surface area contributed by atoms with Crippen LogP contribution >= 0.6 is 0 Å². The molecule has 3 N–H and O–H groups in total. The summed E-state index contributed by atoms with van der Waals surface area (Å²) in [5.41, 5.74) is 0.997.